The molecule has 0 saturated carbocycles. The maximum atomic E-state index is 11.9. The molecule has 1 amide bonds. The third-order valence-corrected chi connectivity index (χ3v) is 1.98. The maximum Gasteiger partial charge on any atom is 0.389 e. The molecule has 0 radical (unpaired) electrons. The summed E-state index contributed by atoms with van der Waals surface area (Å²) in [5.74, 6) is -1.64. The van der Waals surface area contributed by atoms with E-state index >= 15 is 0 Å². The summed E-state index contributed by atoms with van der Waals surface area (Å²) in [5.41, 5.74) is 0. The number of carbonyl (C=O) groups excluding carboxylic acids is 1. The zero-order valence-corrected chi connectivity index (χ0v) is 6.77. The van der Waals surface area contributed by atoms with Crippen LogP contribution in [0, 0.1) is 5.92 Å². The lowest BCUT2D eigenvalue weighted by molar-refractivity contribution is -0.151. The molecule has 76 valence electrons. The van der Waals surface area contributed by atoms with Crippen LogP contribution in [0.3, 0.4) is 0 Å². The van der Waals surface area contributed by atoms with E-state index in [1.807, 2.05) is 0 Å². The Labute approximate surface area is 72.9 Å². The number of hydrogen-bond acceptors (Lipinski definition) is 2. The summed E-state index contributed by atoms with van der Waals surface area (Å²) in [6.07, 6.45) is -5.35. The van der Waals surface area contributed by atoms with E-state index in [0.717, 1.165) is 0 Å². The molecule has 0 spiro atoms. The topological polar surface area (TPSA) is 49.3 Å². The standard InChI is InChI=1S/C7H10F3NO2/c8-7(9,10)2-4-1-5(3-12)11-6(4)13/h4-5,12H,1-3H2,(H,11,13)/t4-,5-/m0/s1. The molecule has 0 unspecified atom stereocenters. The third-order valence-electron chi connectivity index (χ3n) is 1.98. The van der Waals surface area contributed by atoms with E-state index in [2.05, 4.69) is 5.32 Å². The van der Waals surface area contributed by atoms with E-state index in [4.69, 9.17) is 5.11 Å². The summed E-state index contributed by atoms with van der Waals surface area (Å²) in [6, 6.07) is -0.514. The number of carbonyl (C=O) groups is 1. The van der Waals surface area contributed by atoms with Gasteiger partial charge in [-0.05, 0) is 6.42 Å². The molecule has 1 aliphatic rings. The number of rotatable bonds is 2. The summed E-state index contributed by atoms with van der Waals surface area (Å²) < 4.78 is 35.6. The molecule has 1 rings (SSSR count). The molecular formula is C7H10F3NO2. The molecule has 0 aromatic heterocycles. The Kier molecular flexibility index (Phi) is 2.80. The highest BCUT2D eigenvalue weighted by Gasteiger charge is 2.40. The van der Waals surface area contributed by atoms with Gasteiger partial charge in [0.25, 0.3) is 0 Å². The molecule has 0 aromatic rings. The van der Waals surface area contributed by atoms with Crippen LogP contribution >= 0.6 is 0 Å². The first-order valence-corrected chi connectivity index (χ1v) is 3.90. The highest BCUT2D eigenvalue weighted by molar-refractivity contribution is 5.81. The van der Waals surface area contributed by atoms with Crippen molar-refractivity contribution in [2.24, 2.45) is 5.92 Å². The van der Waals surface area contributed by atoms with Crippen LogP contribution in [0.1, 0.15) is 12.8 Å². The van der Waals surface area contributed by atoms with Gasteiger partial charge >= 0.3 is 6.18 Å². The number of hydrogen-bond donors (Lipinski definition) is 2. The number of alkyl halides is 3. The summed E-state index contributed by atoms with van der Waals surface area (Å²) in [4.78, 5) is 10.9. The normalized spacial score (nSPS) is 29.1. The molecule has 6 heteroatoms. The predicted octanol–water partition coefficient (Wildman–Crippen LogP) is 0.436. The van der Waals surface area contributed by atoms with E-state index in [1.165, 1.54) is 0 Å². The van der Waals surface area contributed by atoms with Crippen LogP contribution in [-0.2, 0) is 4.79 Å². The Bertz CT molecular complexity index is 204. The van der Waals surface area contributed by atoms with Gasteiger partial charge < -0.3 is 10.4 Å². The second-order valence-corrected chi connectivity index (χ2v) is 3.14. The van der Waals surface area contributed by atoms with Crippen LogP contribution in [0.2, 0.25) is 0 Å². The summed E-state index contributed by atoms with van der Waals surface area (Å²) in [7, 11) is 0. The molecular weight excluding hydrogens is 187 g/mol. The number of aliphatic hydroxyl groups excluding tert-OH is 1. The molecule has 2 N–H and O–H groups in total. The van der Waals surface area contributed by atoms with E-state index < -0.39 is 30.5 Å². The minimum atomic E-state index is -4.31. The van der Waals surface area contributed by atoms with Gasteiger partial charge in [0.2, 0.25) is 5.91 Å². The lowest BCUT2D eigenvalue weighted by Crippen LogP contribution is -2.29. The molecule has 2 atom stereocenters. The molecule has 0 aliphatic carbocycles. The quantitative estimate of drug-likeness (QED) is 0.674. The first kappa shape index (κ1) is 10.3. The fourth-order valence-electron chi connectivity index (χ4n) is 1.40. The minimum absolute atomic E-state index is 0.0643. The second-order valence-electron chi connectivity index (χ2n) is 3.14. The van der Waals surface area contributed by atoms with Gasteiger partial charge in [0.05, 0.1) is 19.1 Å². The van der Waals surface area contributed by atoms with Crippen molar-refractivity contribution in [3.05, 3.63) is 0 Å². The fraction of sp³-hybridized carbons (Fsp3) is 0.857. The zero-order valence-electron chi connectivity index (χ0n) is 6.77. The molecule has 0 aromatic carbocycles. The van der Waals surface area contributed by atoms with E-state index in [1.54, 1.807) is 0 Å². The van der Waals surface area contributed by atoms with Gasteiger partial charge in [0.1, 0.15) is 0 Å². The zero-order chi connectivity index (χ0) is 10.1. The van der Waals surface area contributed by atoms with Crippen molar-refractivity contribution >= 4 is 5.91 Å². The summed E-state index contributed by atoms with van der Waals surface area (Å²) in [6.45, 7) is -0.305. The molecule has 1 fully saturated rings. The fourth-order valence-corrected chi connectivity index (χ4v) is 1.40. The maximum absolute atomic E-state index is 11.9. The molecule has 1 aliphatic heterocycles. The van der Waals surface area contributed by atoms with Crippen LogP contribution < -0.4 is 5.32 Å². The van der Waals surface area contributed by atoms with Gasteiger partial charge in [-0.25, -0.2) is 0 Å². The minimum Gasteiger partial charge on any atom is -0.394 e. The van der Waals surface area contributed by atoms with Crippen molar-refractivity contribution in [2.75, 3.05) is 6.61 Å². The molecule has 3 nitrogen and oxygen atoms in total. The lowest BCUT2D eigenvalue weighted by Gasteiger charge is -2.09. The predicted molar refractivity (Wildman–Crippen MR) is 37.8 cm³/mol. The Morgan fingerprint density at radius 1 is 1.54 bits per heavy atom. The molecule has 13 heavy (non-hydrogen) atoms. The van der Waals surface area contributed by atoms with Crippen LogP contribution in [0.15, 0.2) is 0 Å². The number of nitrogens with one attached hydrogen (secondary N) is 1. The van der Waals surface area contributed by atoms with Crippen LogP contribution in [0.5, 0.6) is 0 Å². The van der Waals surface area contributed by atoms with Gasteiger partial charge in [0.15, 0.2) is 0 Å². The van der Waals surface area contributed by atoms with Gasteiger partial charge in [-0.3, -0.25) is 4.79 Å². The van der Waals surface area contributed by atoms with Crippen molar-refractivity contribution in [1.29, 1.82) is 0 Å². The second kappa shape index (κ2) is 3.53. The van der Waals surface area contributed by atoms with Crippen molar-refractivity contribution in [3.63, 3.8) is 0 Å². The van der Waals surface area contributed by atoms with Crippen molar-refractivity contribution in [1.82, 2.24) is 5.32 Å². The third kappa shape index (κ3) is 2.87. The van der Waals surface area contributed by atoms with Gasteiger partial charge in [-0.2, -0.15) is 13.2 Å². The lowest BCUT2D eigenvalue weighted by atomic mass is 10.0. The van der Waals surface area contributed by atoms with Crippen molar-refractivity contribution in [2.45, 2.75) is 25.1 Å². The first-order valence-electron chi connectivity index (χ1n) is 3.90. The van der Waals surface area contributed by atoms with E-state index in [-0.39, 0.29) is 13.0 Å². The first-order chi connectivity index (χ1) is 5.92. The highest BCUT2D eigenvalue weighted by atomic mass is 19.4. The van der Waals surface area contributed by atoms with Crippen LogP contribution in [-0.4, -0.2) is 29.8 Å². The summed E-state index contributed by atoms with van der Waals surface area (Å²) in [5, 5.41) is 10.9. The average Bonchev–Trinajstić information content (AvgIpc) is 2.29. The van der Waals surface area contributed by atoms with Gasteiger partial charge in [-0.1, -0.05) is 0 Å². The SMILES string of the molecule is O=C1N[C@H](CO)C[C@H]1CC(F)(F)F. The molecule has 0 bridgehead atoms. The number of amides is 1. The average molecular weight is 197 g/mol. The number of halogens is 3. The largest absolute Gasteiger partial charge is 0.394 e. The van der Waals surface area contributed by atoms with Crippen LogP contribution in [0.25, 0.3) is 0 Å². The summed E-state index contributed by atoms with van der Waals surface area (Å²) >= 11 is 0. The van der Waals surface area contributed by atoms with Gasteiger partial charge in [-0.15, -0.1) is 0 Å². The van der Waals surface area contributed by atoms with Crippen molar-refractivity contribution < 1.29 is 23.1 Å². The molecule has 1 saturated heterocycles. The highest BCUT2D eigenvalue weighted by Crippen LogP contribution is 2.29. The molecule has 1 heterocycles. The Balaban J connectivity index is 2.49. The Morgan fingerprint density at radius 2 is 2.15 bits per heavy atom. The van der Waals surface area contributed by atoms with Crippen molar-refractivity contribution in [3.8, 4) is 0 Å². The van der Waals surface area contributed by atoms with Crippen LogP contribution in [0.4, 0.5) is 13.2 Å². The van der Waals surface area contributed by atoms with E-state index in [9.17, 15) is 18.0 Å². The Hall–Kier alpha value is -0.780. The van der Waals surface area contributed by atoms with E-state index in [0.29, 0.717) is 0 Å². The monoisotopic (exact) mass is 197 g/mol. The Morgan fingerprint density at radius 3 is 2.54 bits per heavy atom. The smallest absolute Gasteiger partial charge is 0.389 e. The number of aliphatic hydroxyl groups is 1. The van der Waals surface area contributed by atoms with Gasteiger partial charge in [0, 0.05) is 5.92 Å².